The molecule has 0 spiro atoms. The highest BCUT2D eigenvalue weighted by molar-refractivity contribution is 6.00. The Labute approximate surface area is 85.7 Å². The first kappa shape index (κ1) is 8.28. The normalized spacial score (nSPS) is 14.3. The Balaban J connectivity index is 2.11. The smallest absolute Gasteiger partial charge is 0.163 e. The Morgan fingerprint density at radius 1 is 1.27 bits per heavy atom. The molecule has 0 bridgehead atoms. The number of rotatable bonds is 1. The maximum absolute atomic E-state index is 11.4. The maximum Gasteiger partial charge on any atom is 0.163 e. The number of Topliss-reactive ketones (excluding diaryl/α,β-unsaturated/α-hetero) is 1. The molecule has 0 N–H and O–H groups in total. The van der Waals surface area contributed by atoms with E-state index in [4.69, 9.17) is 0 Å². The molecule has 5 heteroatoms. The van der Waals surface area contributed by atoms with Gasteiger partial charge in [0.05, 0.1) is 5.69 Å². The van der Waals surface area contributed by atoms with Gasteiger partial charge in [-0.15, -0.1) is 5.10 Å². The van der Waals surface area contributed by atoms with Crippen molar-refractivity contribution in [3.8, 4) is 5.69 Å². The first-order valence-electron chi connectivity index (χ1n) is 4.74. The third-order valence-corrected chi connectivity index (χ3v) is 2.62. The van der Waals surface area contributed by atoms with Crippen LogP contribution in [0.25, 0.3) is 5.69 Å². The monoisotopic (exact) mass is 200 g/mol. The summed E-state index contributed by atoms with van der Waals surface area (Å²) < 4.78 is 1.59. The summed E-state index contributed by atoms with van der Waals surface area (Å²) in [6.45, 7) is 0. The van der Waals surface area contributed by atoms with Crippen molar-refractivity contribution >= 4 is 5.78 Å². The molecular formula is C10H8N4O. The Morgan fingerprint density at radius 3 is 3.00 bits per heavy atom. The number of aryl methyl sites for hydroxylation is 1. The number of benzene rings is 1. The molecule has 0 saturated carbocycles. The van der Waals surface area contributed by atoms with Crippen LogP contribution in [0.15, 0.2) is 24.5 Å². The van der Waals surface area contributed by atoms with Gasteiger partial charge in [0.1, 0.15) is 6.33 Å². The molecule has 2 aromatic rings. The molecule has 1 aliphatic rings. The third kappa shape index (κ3) is 1.24. The van der Waals surface area contributed by atoms with Crippen molar-refractivity contribution < 1.29 is 4.79 Å². The van der Waals surface area contributed by atoms with Crippen molar-refractivity contribution in [2.75, 3.05) is 0 Å². The van der Waals surface area contributed by atoms with E-state index in [1.165, 1.54) is 0 Å². The summed E-state index contributed by atoms with van der Waals surface area (Å²) in [4.78, 5) is 11.4. The SMILES string of the molecule is O=C1CCc2cc(-n3cnnn3)ccc21. The summed E-state index contributed by atoms with van der Waals surface area (Å²) in [7, 11) is 0. The van der Waals surface area contributed by atoms with E-state index in [0.29, 0.717) is 6.42 Å². The van der Waals surface area contributed by atoms with Gasteiger partial charge in [-0.3, -0.25) is 4.79 Å². The van der Waals surface area contributed by atoms with Crippen LogP contribution in [0.4, 0.5) is 0 Å². The van der Waals surface area contributed by atoms with Crippen molar-refractivity contribution in [2.24, 2.45) is 0 Å². The molecule has 0 amide bonds. The Bertz CT molecular complexity index is 518. The van der Waals surface area contributed by atoms with Crippen molar-refractivity contribution in [1.29, 1.82) is 0 Å². The predicted molar refractivity (Wildman–Crippen MR) is 51.8 cm³/mol. The van der Waals surface area contributed by atoms with Gasteiger partial charge in [-0.05, 0) is 40.6 Å². The van der Waals surface area contributed by atoms with Gasteiger partial charge in [0.2, 0.25) is 0 Å². The molecule has 0 fully saturated rings. The highest BCUT2D eigenvalue weighted by Gasteiger charge is 2.19. The van der Waals surface area contributed by atoms with E-state index in [1.54, 1.807) is 11.0 Å². The molecule has 15 heavy (non-hydrogen) atoms. The van der Waals surface area contributed by atoms with E-state index >= 15 is 0 Å². The number of nitrogens with zero attached hydrogens (tertiary/aromatic N) is 4. The number of fused-ring (bicyclic) bond motifs is 1. The zero-order valence-corrected chi connectivity index (χ0v) is 7.92. The second-order valence-corrected chi connectivity index (χ2v) is 3.52. The lowest BCUT2D eigenvalue weighted by atomic mass is 10.1. The Hall–Kier alpha value is -2.04. The summed E-state index contributed by atoms with van der Waals surface area (Å²) in [5.74, 6) is 0.230. The van der Waals surface area contributed by atoms with Crippen LogP contribution in [0.5, 0.6) is 0 Å². The van der Waals surface area contributed by atoms with Crippen LogP contribution in [-0.2, 0) is 6.42 Å². The highest BCUT2D eigenvalue weighted by Crippen LogP contribution is 2.23. The number of aromatic nitrogens is 4. The average Bonchev–Trinajstić information content (AvgIpc) is 2.88. The molecule has 5 nitrogen and oxygen atoms in total. The van der Waals surface area contributed by atoms with Gasteiger partial charge in [0.25, 0.3) is 0 Å². The topological polar surface area (TPSA) is 60.7 Å². The molecular weight excluding hydrogens is 192 g/mol. The molecule has 0 aliphatic heterocycles. The van der Waals surface area contributed by atoms with E-state index in [9.17, 15) is 4.79 Å². The summed E-state index contributed by atoms with van der Waals surface area (Å²) in [6, 6.07) is 5.68. The second kappa shape index (κ2) is 2.98. The number of carbonyl (C=O) groups is 1. The summed E-state index contributed by atoms with van der Waals surface area (Å²) in [5.41, 5.74) is 2.83. The van der Waals surface area contributed by atoms with Crippen molar-refractivity contribution in [3.05, 3.63) is 35.7 Å². The lowest BCUT2D eigenvalue weighted by Crippen LogP contribution is -1.97. The van der Waals surface area contributed by atoms with Gasteiger partial charge >= 0.3 is 0 Å². The summed E-state index contributed by atoms with van der Waals surface area (Å²) in [6.07, 6.45) is 2.98. The molecule has 0 atom stereocenters. The van der Waals surface area contributed by atoms with Crippen LogP contribution in [0.2, 0.25) is 0 Å². The lowest BCUT2D eigenvalue weighted by Gasteiger charge is -2.02. The van der Waals surface area contributed by atoms with E-state index in [-0.39, 0.29) is 5.78 Å². The van der Waals surface area contributed by atoms with Crippen LogP contribution >= 0.6 is 0 Å². The van der Waals surface area contributed by atoms with Crippen molar-refractivity contribution in [3.63, 3.8) is 0 Å². The molecule has 1 heterocycles. The van der Waals surface area contributed by atoms with Crippen molar-refractivity contribution in [2.45, 2.75) is 12.8 Å². The molecule has 0 unspecified atom stereocenters. The summed E-state index contributed by atoms with van der Waals surface area (Å²) in [5, 5.41) is 10.9. The molecule has 1 aliphatic carbocycles. The van der Waals surface area contributed by atoms with Gasteiger partial charge in [-0.1, -0.05) is 0 Å². The van der Waals surface area contributed by atoms with Crippen LogP contribution in [0, 0.1) is 0 Å². The molecule has 3 rings (SSSR count). The minimum atomic E-state index is 0.230. The summed E-state index contributed by atoms with van der Waals surface area (Å²) >= 11 is 0. The molecule has 1 aromatic heterocycles. The second-order valence-electron chi connectivity index (χ2n) is 3.52. The average molecular weight is 200 g/mol. The Morgan fingerprint density at radius 2 is 2.20 bits per heavy atom. The fraction of sp³-hybridized carbons (Fsp3) is 0.200. The minimum Gasteiger partial charge on any atom is -0.294 e. The van der Waals surface area contributed by atoms with E-state index < -0.39 is 0 Å². The zero-order valence-electron chi connectivity index (χ0n) is 7.92. The molecule has 1 aromatic carbocycles. The van der Waals surface area contributed by atoms with Crippen molar-refractivity contribution in [1.82, 2.24) is 20.2 Å². The standard InChI is InChI=1S/C10H8N4O/c15-10-4-1-7-5-8(2-3-9(7)10)14-6-11-12-13-14/h2-3,5-6H,1,4H2. The minimum absolute atomic E-state index is 0.230. The van der Waals surface area contributed by atoms with E-state index in [2.05, 4.69) is 15.5 Å². The fourth-order valence-corrected chi connectivity index (χ4v) is 1.86. The predicted octanol–water partition coefficient (Wildman–Crippen LogP) is 0.791. The van der Waals surface area contributed by atoms with Gasteiger partial charge in [0.15, 0.2) is 5.78 Å². The molecule has 74 valence electrons. The first-order valence-corrected chi connectivity index (χ1v) is 4.74. The number of ketones is 1. The largest absolute Gasteiger partial charge is 0.294 e. The lowest BCUT2D eigenvalue weighted by molar-refractivity contribution is 0.0994. The first-order chi connectivity index (χ1) is 7.34. The van der Waals surface area contributed by atoms with Gasteiger partial charge in [0, 0.05) is 12.0 Å². The number of hydrogen-bond donors (Lipinski definition) is 0. The van der Waals surface area contributed by atoms with E-state index in [1.807, 2.05) is 18.2 Å². The van der Waals surface area contributed by atoms with Gasteiger partial charge in [-0.25, -0.2) is 4.68 Å². The maximum atomic E-state index is 11.4. The van der Waals surface area contributed by atoms with E-state index in [0.717, 1.165) is 23.2 Å². The molecule has 0 radical (unpaired) electrons. The third-order valence-electron chi connectivity index (χ3n) is 2.62. The van der Waals surface area contributed by atoms with Gasteiger partial charge < -0.3 is 0 Å². The van der Waals surface area contributed by atoms with Gasteiger partial charge in [-0.2, -0.15) is 0 Å². The number of hydrogen-bond acceptors (Lipinski definition) is 4. The van der Waals surface area contributed by atoms with Crippen LogP contribution in [0.1, 0.15) is 22.3 Å². The number of carbonyl (C=O) groups excluding carboxylic acids is 1. The van der Waals surface area contributed by atoms with Crippen LogP contribution in [-0.4, -0.2) is 26.0 Å². The fourth-order valence-electron chi connectivity index (χ4n) is 1.86. The van der Waals surface area contributed by atoms with Crippen LogP contribution < -0.4 is 0 Å². The molecule has 0 saturated heterocycles. The highest BCUT2D eigenvalue weighted by atomic mass is 16.1. The quantitative estimate of drug-likeness (QED) is 0.682. The number of tetrazole rings is 1. The zero-order chi connectivity index (χ0) is 10.3. The Kier molecular flexibility index (Phi) is 1.65. The van der Waals surface area contributed by atoms with Crippen LogP contribution in [0.3, 0.4) is 0 Å².